The Balaban J connectivity index is 1.97. The molecular weight excluding hydrogens is 318 g/mol. The quantitative estimate of drug-likeness (QED) is 0.410. The van der Waals surface area contributed by atoms with Gasteiger partial charge in [-0.05, 0) is 18.6 Å². The van der Waals surface area contributed by atoms with Crippen molar-refractivity contribution in [1.29, 1.82) is 0 Å². The van der Waals surface area contributed by atoms with Crippen molar-refractivity contribution in [2.75, 3.05) is 6.54 Å². The van der Waals surface area contributed by atoms with E-state index in [1.54, 1.807) is 0 Å². The van der Waals surface area contributed by atoms with E-state index in [9.17, 15) is 24.0 Å². The molecule has 2 aliphatic rings. The topological polar surface area (TPSA) is 136 Å². The van der Waals surface area contributed by atoms with E-state index in [-0.39, 0.29) is 36.3 Å². The van der Waals surface area contributed by atoms with Crippen LogP contribution < -0.4 is 15.8 Å². The van der Waals surface area contributed by atoms with Gasteiger partial charge >= 0.3 is 5.97 Å². The molecule has 1 fully saturated rings. The van der Waals surface area contributed by atoms with Crippen LogP contribution in [0.5, 0.6) is 5.75 Å². The fourth-order valence-corrected chi connectivity index (χ4v) is 2.73. The minimum Gasteiger partial charge on any atom is -0.425 e. The summed E-state index contributed by atoms with van der Waals surface area (Å²) in [4.78, 5) is 60.5. The Morgan fingerprint density at radius 3 is 2.67 bits per heavy atom. The van der Waals surface area contributed by atoms with Gasteiger partial charge in [-0.2, -0.15) is 0 Å². The molecule has 2 aliphatic heterocycles. The summed E-state index contributed by atoms with van der Waals surface area (Å²) >= 11 is 0. The van der Waals surface area contributed by atoms with Crippen LogP contribution in [0.15, 0.2) is 18.2 Å². The smallest absolute Gasteiger partial charge is 0.325 e. The van der Waals surface area contributed by atoms with Gasteiger partial charge in [0.2, 0.25) is 11.8 Å². The zero-order valence-electron chi connectivity index (χ0n) is 12.4. The molecule has 0 radical (unpaired) electrons. The Hall–Kier alpha value is -3.07. The first-order chi connectivity index (χ1) is 11.4. The molecule has 24 heavy (non-hydrogen) atoms. The van der Waals surface area contributed by atoms with Gasteiger partial charge in [0, 0.05) is 6.42 Å². The minimum atomic E-state index is -1.08. The number of nitrogens with zero attached hydrogens (tertiary/aromatic N) is 1. The average Bonchev–Trinajstić information content (AvgIpc) is 2.80. The Labute approximate surface area is 135 Å². The van der Waals surface area contributed by atoms with Gasteiger partial charge in [0.25, 0.3) is 11.8 Å². The maximum atomic E-state index is 12.6. The number of nitrogens with one attached hydrogen (secondary N) is 1. The van der Waals surface area contributed by atoms with E-state index in [2.05, 4.69) is 5.32 Å². The first kappa shape index (κ1) is 15.8. The van der Waals surface area contributed by atoms with Crippen molar-refractivity contribution in [2.45, 2.75) is 18.9 Å². The van der Waals surface area contributed by atoms with Gasteiger partial charge in [0.15, 0.2) is 0 Å². The summed E-state index contributed by atoms with van der Waals surface area (Å²) < 4.78 is 4.99. The molecule has 4 amide bonds. The molecule has 0 aliphatic carbocycles. The lowest BCUT2D eigenvalue weighted by Gasteiger charge is -2.27. The Morgan fingerprint density at radius 2 is 2.00 bits per heavy atom. The summed E-state index contributed by atoms with van der Waals surface area (Å²) in [7, 11) is 0. The third kappa shape index (κ3) is 2.44. The fraction of sp³-hybridized carbons (Fsp3) is 0.267. The highest BCUT2D eigenvalue weighted by molar-refractivity contribution is 6.24. The second-order valence-electron chi connectivity index (χ2n) is 5.30. The second kappa shape index (κ2) is 5.85. The Morgan fingerprint density at radius 1 is 1.25 bits per heavy atom. The summed E-state index contributed by atoms with van der Waals surface area (Å²) in [5.41, 5.74) is 5.13. The second-order valence-corrected chi connectivity index (χ2v) is 5.30. The van der Waals surface area contributed by atoms with Crippen molar-refractivity contribution < 1.29 is 28.7 Å². The number of piperidine rings is 1. The van der Waals surface area contributed by atoms with Gasteiger partial charge < -0.3 is 10.5 Å². The number of benzene rings is 1. The number of hydrogen-bond donors (Lipinski definition) is 2. The van der Waals surface area contributed by atoms with Gasteiger partial charge in [-0.3, -0.25) is 34.2 Å². The lowest BCUT2D eigenvalue weighted by molar-refractivity contribution is -0.136. The van der Waals surface area contributed by atoms with Crippen LogP contribution in [0.4, 0.5) is 0 Å². The summed E-state index contributed by atoms with van der Waals surface area (Å²) in [5, 5.41) is 2.10. The molecule has 9 heteroatoms. The Bertz CT molecular complexity index is 787. The number of imide groups is 2. The summed E-state index contributed by atoms with van der Waals surface area (Å²) in [6.45, 7) is -0.386. The molecule has 3 rings (SSSR count). The van der Waals surface area contributed by atoms with Crippen LogP contribution >= 0.6 is 0 Å². The molecule has 0 aromatic heterocycles. The zero-order valence-corrected chi connectivity index (χ0v) is 12.4. The van der Waals surface area contributed by atoms with Gasteiger partial charge in [-0.25, -0.2) is 0 Å². The van der Waals surface area contributed by atoms with Crippen molar-refractivity contribution in [3.05, 3.63) is 29.3 Å². The third-order valence-corrected chi connectivity index (χ3v) is 3.82. The van der Waals surface area contributed by atoms with Crippen molar-refractivity contribution >= 4 is 29.6 Å². The van der Waals surface area contributed by atoms with E-state index in [0.29, 0.717) is 0 Å². The summed E-state index contributed by atoms with van der Waals surface area (Å²) in [6, 6.07) is 3.15. The number of hydrogen-bond acceptors (Lipinski definition) is 7. The van der Waals surface area contributed by atoms with Crippen LogP contribution in [-0.2, 0) is 14.4 Å². The van der Waals surface area contributed by atoms with Gasteiger partial charge in [-0.15, -0.1) is 0 Å². The standard InChI is InChI=1S/C15H13N3O6/c16-6-11(20)24-9-3-1-2-7-12(9)15(23)18(14(7)22)8-4-5-10(19)17-13(8)21/h1-3,8H,4-6,16H2,(H,17,19,21). The number of fused-ring (bicyclic) bond motifs is 1. The van der Waals surface area contributed by atoms with Gasteiger partial charge in [0.1, 0.15) is 11.8 Å². The monoisotopic (exact) mass is 331 g/mol. The minimum absolute atomic E-state index is 0.0266. The largest absolute Gasteiger partial charge is 0.425 e. The number of esters is 1. The summed E-state index contributed by atoms with van der Waals surface area (Å²) in [6.07, 6.45) is 0.0763. The maximum Gasteiger partial charge on any atom is 0.325 e. The van der Waals surface area contributed by atoms with E-state index >= 15 is 0 Å². The fourth-order valence-electron chi connectivity index (χ4n) is 2.73. The number of nitrogens with two attached hydrogens (primary N) is 1. The van der Waals surface area contributed by atoms with Crippen molar-refractivity contribution in [1.82, 2.24) is 10.2 Å². The van der Waals surface area contributed by atoms with Crippen LogP contribution in [0.2, 0.25) is 0 Å². The highest BCUT2D eigenvalue weighted by Crippen LogP contribution is 2.33. The van der Waals surface area contributed by atoms with Crippen LogP contribution in [0.1, 0.15) is 33.6 Å². The maximum absolute atomic E-state index is 12.6. The molecule has 1 aromatic carbocycles. The highest BCUT2D eigenvalue weighted by atomic mass is 16.5. The van der Waals surface area contributed by atoms with Crippen molar-refractivity contribution in [3.63, 3.8) is 0 Å². The van der Waals surface area contributed by atoms with E-state index < -0.39 is 35.6 Å². The Kier molecular flexibility index (Phi) is 3.86. The first-order valence-electron chi connectivity index (χ1n) is 7.19. The lowest BCUT2D eigenvalue weighted by Crippen LogP contribution is -2.54. The van der Waals surface area contributed by atoms with Crippen LogP contribution in [-0.4, -0.2) is 47.1 Å². The number of carbonyl (C=O) groups excluding carboxylic acids is 5. The van der Waals surface area contributed by atoms with E-state index in [4.69, 9.17) is 10.5 Å². The molecule has 0 spiro atoms. The zero-order chi connectivity index (χ0) is 17.4. The average molecular weight is 331 g/mol. The molecular formula is C15H13N3O6. The number of rotatable bonds is 3. The summed E-state index contributed by atoms with van der Waals surface area (Å²) in [5.74, 6) is -3.43. The van der Waals surface area contributed by atoms with Crippen LogP contribution in [0, 0.1) is 0 Å². The lowest BCUT2D eigenvalue weighted by atomic mass is 10.0. The molecule has 1 aromatic rings. The van der Waals surface area contributed by atoms with Gasteiger partial charge in [0.05, 0.1) is 17.7 Å². The molecule has 9 nitrogen and oxygen atoms in total. The third-order valence-electron chi connectivity index (χ3n) is 3.82. The molecule has 1 unspecified atom stereocenters. The van der Waals surface area contributed by atoms with Crippen molar-refractivity contribution in [2.24, 2.45) is 5.73 Å². The van der Waals surface area contributed by atoms with E-state index in [0.717, 1.165) is 4.90 Å². The molecule has 0 bridgehead atoms. The molecule has 2 heterocycles. The van der Waals surface area contributed by atoms with Crippen LogP contribution in [0.25, 0.3) is 0 Å². The van der Waals surface area contributed by atoms with E-state index in [1.807, 2.05) is 0 Å². The first-order valence-corrected chi connectivity index (χ1v) is 7.19. The molecule has 0 saturated carbocycles. The number of amides is 4. The normalized spacial score (nSPS) is 20.0. The predicted octanol–water partition coefficient (Wildman–Crippen LogP) is -1.05. The van der Waals surface area contributed by atoms with Crippen LogP contribution in [0.3, 0.4) is 0 Å². The molecule has 1 atom stereocenters. The molecule has 124 valence electrons. The predicted molar refractivity (Wildman–Crippen MR) is 77.8 cm³/mol. The highest BCUT2D eigenvalue weighted by Gasteiger charge is 2.46. The molecule has 1 saturated heterocycles. The SMILES string of the molecule is NCC(=O)Oc1cccc2c1C(=O)N(C1CCC(=O)NC1=O)C2=O. The number of ether oxygens (including phenoxy) is 1. The van der Waals surface area contributed by atoms with Crippen molar-refractivity contribution in [3.8, 4) is 5.75 Å². The number of carbonyl (C=O) groups is 5. The van der Waals surface area contributed by atoms with Gasteiger partial charge in [-0.1, -0.05) is 6.07 Å². The molecule has 3 N–H and O–H groups in total. The van der Waals surface area contributed by atoms with E-state index in [1.165, 1.54) is 18.2 Å².